The van der Waals surface area contributed by atoms with Gasteiger partial charge in [0.1, 0.15) is 5.82 Å². The molecule has 2 aromatic rings. The molecule has 0 aliphatic rings. The molecule has 0 radical (unpaired) electrons. The van der Waals surface area contributed by atoms with Gasteiger partial charge in [0, 0.05) is 12.6 Å². The first-order chi connectivity index (χ1) is 7.63. The van der Waals surface area contributed by atoms with Crippen LogP contribution in [0.1, 0.15) is 22.6 Å². The molecule has 0 bridgehead atoms. The van der Waals surface area contributed by atoms with Crippen LogP contribution in [0, 0.1) is 18.3 Å². The lowest BCUT2D eigenvalue weighted by Gasteiger charge is -1.98. The second-order valence-corrected chi connectivity index (χ2v) is 3.68. The maximum Gasteiger partial charge on any atom is 0.176 e. The van der Waals surface area contributed by atoms with E-state index < -0.39 is 0 Å². The van der Waals surface area contributed by atoms with Crippen molar-refractivity contribution in [2.45, 2.75) is 13.3 Å². The zero-order chi connectivity index (χ0) is 11.7. The van der Waals surface area contributed by atoms with Crippen LogP contribution in [-0.4, -0.2) is 15.3 Å². The molecule has 0 unspecified atom stereocenters. The number of carbonyl (C=O) groups excluding carboxylic acids is 1. The molecule has 0 saturated heterocycles. The molecule has 4 nitrogen and oxygen atoms in total. The molecule has 4 heteroatoms. The lowest BCUT2D eigenvalue weighted by atomic mass is 10.1. The summed E-state index contributed by atoms with van der Waals surface area (Å²) in [5.74, 6) is 0.743. The van der Waals surface area contributed by atoms with Crippen LogP contribution in [0.25, 0.3) is 11.0 Å². The van der Waals surface area contributed by atoms with Crippen LogP contribution in [0.2, 0.25) is 0 Å². The predicted molar refractivity (Wildman–Crippen MR) is 60.0 cm³/mol. The highest BCUT2D eigenvalue weighted by Gasteiger charge is 2.09. The van der Waals surface area contributed by atoms with Gasteiger partial charge in [-0.2, -0.15) is 5.26 Å². The number of carbonyl (C=O) groups is 1. The van der Waals surface area contributed by atoms with Crippen molar-refractivity contribution >= 4 is 16.8 Å². The summed E-state index contributed by atoms with van der Waals surface area (Å²) in [5, 5.41) is 8.47. The van der Waals surface area contributed by atoms with Gasteiger partial charge in [-0.15, -0.1) is 0 Å². The van der Waals surface area contributed by atoms with Gasteiger partial charge in [0.05, 0.1) is 23.5 Å². The number of nitriles is 1. The number of benzene rings is 1. The van der Waals surface area contributed by atoms with Gasteiger partial charge in [-0.3, -0.25) is 4.79 Å². The third kappa shape index (κ3) is 1.57. The molecule has 16 heavy (non-hydrogen) atoms. The van der Waals surface area contributed by atoms with E-state index in [-0.39, 0.29) is 12.2 Å². The Balaban J connectivity index is 2.53. The lowest BCUT2D eigenvalue weighted by molar-refractivity contribution is 0.0998. The third-order valence-electron chi connectivity index (χ3n) is 2.67. The van der Waals surface area contributed by atoms with Crippen molar-refractivity contribution < 1.29 is 4.79 Å². The van der Waals surface area contributed by atoms with Crippen molar-refractivity contribution in [3.8, 4) is 6.07 Å². The molecule has 2 rings (SSSR count). The normalized spacial score (nSPS) is 10.3. The number of rotatable bonds is 2. The lowest BCUT2D eigenvalue weighted by Crippen LogP contribution is -1.97. The molecule has 1 aromatic carbocycles. The Bertz CT molecular complexity index is 604. The van der Waals surface area contributed by atoms with E-state index in [1.54, 1.807) is 12.1 Å². The number of aryl methyl sites for hydroxylation is 2. The van der Waals surface area contributed by atoms with Crippen molar-refractivity contribution in [3.63, 3.8) is 0 Å². The number of aromatic nitrogens is 2. The standard InChI is InChI=1S/C12H11N3O/c1-8-14-10-7-9(12(16)5-6-13)3-4-11(10)15(8)2/h3-4,7H,5H2,1-2H3. The molecule has 0 amide bonds. The minimum atomic E-state index is -0.160. The average Bonchev–Trinajstić information content (AvgIpc) is 2.55. The summed E-state index contributed by atoms with van der Waals surface area (Å²) in [4.78, 5) is 15.9. The summed E-state index contributed by atoms with van der Waals surface area (Å²) in [6.07, 6.45) is -0.0860. The predicted octanol–water partition coefficient (Wildman–Crippen LogP) is 1.98. The first kappa shape index (κ1) is 10.4. The van der Waals surface area contributed by atoms with Gasteiger partial charge < -0.3 is 4.57 Å². The Morgan fingerprint density at radius 3 is 3.00 bits per heavy atom. The SMILES string of the molecule is Cc1nc2cc(C(=O)CC#N)ccc2n1C. The number of Topliss-reactive ketones (excluding diaryl/α,β-unsaturated/α-hetero) is 1. The second-order valence-electron chi connectivity index (χ2n) is 3.68. The Kier molecular flexibility index (Phi) is 2.45. The minimum Gasteiger partial charge on any atom is -0.331 e. The van der Waals surface area contributed by atoms with E-state index in [4.69, 9.17) is 5.26 Å². The maximum absolute atomic E-state index is 11.5. The van der Waals surface area contributed by atoms with Crippen LogP contribution in [0.5, 0.6) is 0 Å². The molecule has 0 aliphatic heterocycles. The summed E-state index contributed by atoms with van der Waals surface area (Å²) in [6, 6.07) is 7.19. The van der Waals surface area contributed by atoms with Crippen LogP contribution in [0.15, 0.2) is 18.2 Å². The Morgan fingerprint density at radius 1 is 1.56 bits per heavy atom. The Morgan fingerprint density at radius 2 is 2.31 bits per heavy atom. The van der Waals surface area contributed by atoms with Gasteiger partial charge >= 0.3 is 0 Å². The third-order valence-corrected chi connectivity index (χ3v) is 2.67. The van der Waals surface area contributed by atoms with Crippen molar-refractivity contribution in [2.24, 2.45) is 7.05 Å². The molecular weight excluding hydrogens is 202 g/mol. The van der Waals surface area contributed by atoms with E-state index in [9.17, 15) is 4.79 Å². The van der Waals surface area contributed by atoms with Crippen molar-refractivity contribution in [1.82, 2.24) is 9.55 Å². The van der Waals surface area contributed by atoms with Crippen LogP contribution in [0.3, 0.4) is 0 Å². The number of imidazole rings is 1. The molecule has 1 heterocycles. The monoisotopic (exact) mass is 213 g/mol. The smallest absolute Gasteiger partial charge is 0.176 e. The van der Waals surface area contributed by atoms with Crippen molar-refractivity contribution in [2.75, 3.05) is 0 Å². The minimum absolute atomic E-state index is 0.0860. The van der Waals surface area contributed by atoms with E-state index >= 15 is 0 Å². The molecule has 1 aromatic heterocycles. The Labute approximate surface area is 93.1 Å². The molecule has 0 fully saturated rings. The van der Waals surface area contributed by atoms with Gasteiger partial charge in [-0.25, -0.2) is 4.98 Å². The van der Waals surface area contributed by atoms with Crippen molar-refractivity contribution in [3.05, 3.63) is 29.6 Å². The first-order valence-electron chi connectivity index (χ1n) is 4.96. The van der Waals surface area contributed by atoms with Gasteiger partial charge in [0.2, 0.25) is 0 Å². The summed E-state index contributed by atoms with van der Waals surface area (Å²) in [5.41, 5.74) is 2.34. The zero-order valence-corrected chi connectivity index (χ0v) is 9.19. The number of nitrogens with zero attached hydrogens (tertiary/aromatic N) is 3. The average molecular weight is 213 g/mol. The molecule has 0 spiro atoms. The van der Waals surface area contributed by atoms with Crippen LogP contribution in [-0.2, 0) is 7.05 Å². The summed E-state index contributed by atoms with van der Waals surface area (Å²) >= 11 is 0. The molecule has 80 valence electrons. The second kappa shape index (κ2) is 3.78. The highest BCUT2D eigenvalue weighted by atomic mass is 16.1. The quantitative estimate of drug-likeness (QED) is 0.716. The fourth-order valence-electron chi connectivity index (χ4n) is 1.67. The van der Waals surface area contributed by atoms with Gasteiger partial charge in [0.15, 0.2) is 5.78 Å². The fourth-order valence-corrected chi connectivity index (χ4v) is 1.67. The van der Waals surface area contributed by atoms with Gasteiger partial charge in [-0.05, 0) is 25.1 Å². The largest absolute Gasteiger partial charge is 0.331 e. The molecule has 0 saturated carbocycles. The summed E-state index contributed by atoms with van der Waals surface area (Å²) in [7, 11) is 1.93. The highest BCUT2D eigenvalue weighted by Crippen LogP contribution is 2.17. The first-order valence-corrected chi connectivity index (χ1v) is 4.96. The topological polar surface area (TPSA) is 58.7 Å². The van der Waals surface area contributed by atoms with E-state index in [1.807, 2.05) is 30.7 Å². The Hall–Kier alpha value is -2.15. The fraction of sp³-hybridized carbons (Fsp3) is 0.250. The van der Waals surface area contributed by atoms with E-state index in [2.05, 4.69) is 4.98 Å². The summed E-state index contributed by atoms with van der Waals surface area (Å²) < 4.78 is 1.97. The van der Waals surface area contributed by atoms with E-state index in [0.29, 0.717) is 5.56 Å². The summed E-state index contributed by atoms with van der Waals surface area (Å²) in [6.45, 7) is 1.91. The van der Waals surface area contributed by atoms with E-state index in [1.165, 1.54) is 0 Å². The van der Waals surface area contributed by atoms with Crippen LogP contribution in [0.4, 0.5) is 0 Å². The van der Waals surface area contributed by atoms with Gasteiger partial charge in [0.25, 0.3) is 0 Å². The van der Waals surface area contributed by atoms with E-state index in [0.717, 1.165) is 16.9 Å². The van der Waals surface area contributed by atoms with Crippen molar-refractivity contribution in [1.29, 1.82) is 5.26 Å². The number of ketones is 1. The molecule has 0 N–H and O–H groups in total. The number of hydrogen-bond donors (Lipinski definition) is 0. The molecular formula is C12H11N3O. The van der Waals surface area contributed by atoms with Gasteiger partial charge in [-0.1, -0.05) is 0 Å². The molecule has 0 aliphatic carbocycles. The maximum atomic E-state index is 11.5. The number of fused-ring (bicyclic) bond motifs is 1. The number of hydrogen-bond acceptors (Lipinski definition) is 3. The highest BCUT2D eigenvalue weighted by molar-refractivity contribution is 6.00. The molecule has 0 atom stereocenters. The van der Waals surface area contributed by atoms with Crippen LogP contribution < -0.4 is 0 Å². The van der Waals surface area contributed by atoms with Crippen LogP contribution >= 0.6 is 0 Å². The zero-order valence-electron chi connectivity index (χ0n) is 9.19.